The lowest BCUT2D eigenvalue weighted by atomic mass is 9.86. The monoisotopic (exact) mass is 211 g/mol. The SMILES string of the molecule is O=C1C=C2C=CCC=NC23N=CN=CC3=C1. The highest BCUT2D eigenvalue weighted by Crippen LogP contribution is 2.37. The third kappa shape index (κ3) is 1.16. The maximum Gasteiger partial charge on any atom is 0.204 e. The Morgan fingerprint density at radius 1 is 1.19 bits per heavy atom. The van der Waals surface area contributed by atoms with E-state index in [0.717, 1.165) is 17.6 Å². The fourth-order valence-electron chi connectivity index (χ4n) is 2.01. The molecule has 0 aromatic heterocycles. The summed E-state index contributed by atoms with van der Waals surface area (Å²) in [6.45, 7) is 0. The zero-order valence-electron chi connectivity index (χ0n) is 8.50. The van der Waals surface area contributed by atoms with Crippen LogP contribution >= 0.6 is 0 Å². The number of aliphatic imine (C=N–C) groups is 3. The quantitative estimate of drug-likeness (QED) is 0.595. The van der Waals surface area contributed by atoms with E-state index in [1.165, 1.54) is 6.34 Å². The predicted molar refractivity (Wildman–Crippen MR) is 63.1 cm³/mol. The molecule has 2 heterocycles. The molecule has 1 spiro atoms. The Labute approximate surface area is 92.5 Å². The van der Waals surface area contributed by atoms with E-state index in [-0.39, 0.29) is 5.78 Å². The van der Waals surface area contributed by atoms with Crippen molar-refractivity contribution in [3.05, 3.63) is 35.5 Å². The number of hydrogen-bond donors (Lipinski definition) is 0. The molecule has 0 fully saturated rings. The molecule has 0 amide bonds. The van der Waals surface area contributed by atoms with Crippen LogP contribution in [-0.2, 0) is 4.79 Å². The van der Waals surface area contributed by atoms with E-state index >= 15 is 0 Å². The number of carbonyl (C=O) groups excluding carboxylic acids is 1. The molecular formula is C12H9N3O. The van der Waals surface area contributed by atoms with Gasteiger partial charge in [-0.2, -0.15) is 0 Å². The highest BCUT2D eigenvalue weighted by molar-refractivity contribution is 6.09. The van der Waals surface area contributed by atoms with Crippen LogP contribution in [0.1, 0.15) is 6.42 Å². The topological polar surface area (TPSA) is 54.1 Å². The Hall–Kier alpha value is -2.10. The Balaban J connectivity index is 2.26. The molecule has 0 radical (unpaired) electrons. The number of hydrogen-bond acceptors (Lipinski definition) is 4. The standard InChI is InChI=1S/C12H9N3O/c16-11-5-9-3-1-2-4-14-12(9)10(6-11)7-13-8-15-12/h1,3-8H,2H2. The molecule has 2 aliphatic heterocycles. The smallest absolute Gasteiger partial charge is 0.204 e. The average molecular weight is 211 g/mol. The minimum Gasteiger partial charge on any atom is -0.290 e. The van der Waals surface area contributed by atoms with Gasteiger partial charge in [-0.25, -0.2) is 9.98 Å². The van der Waals surface area contributed by atoms with Gasteiger partial charge in [-0.15, -0.1) is 0 Å². The molecule has 1 atom stereocenters. The Morgan fingerprint density at radius 2 is 2.06 bits per heavy atom. The van der Waals surface area contributed by atoms with E-state index in [4.69, 9.17) is 0 Å². The minimum atomic E-state index is -0.761. The lowest BCUT2D eigenvalue weighted by Gasteiger charge is -2.30. The van der Waals surface area contributed by atoms with E-state index in [2.05, 4.69) is 15.0 Å². The second kappa shape index (κ2) is 3.20. The molecule has 1 unspecified atom stereocenters. The van der Waals surface area contributed by atoms with Crippen LogP contribution in [0.25, 0.3) is 0 Å². The van der Waals surface area contributed by atoms with Gasteiger partial charge in [-0.1, -0.05) is 12.2 Å². The van der Waals surface area contributed by atoms with E-state index in [1.54, 1.807) is 18.4 Å². The number of carbonyl (C=O) groups is 1. The average Bonchev–Trinajstić information content (AvgIpc) is 2.48. The molecule has 0 aromatic carbocycles. The third-order valence-electron chi connectivity index (χ3n) is 2.74. The van der Waals surface area contributed by atoms with E-state index in [0.29, 0.717) is 0 Å². The molecule has 0 saturated carbocycles. The van der Waals surface area contributed by atoms with Crippen molar-refractivity contribution < 1.29 is 4.79 Å². The van der Waals surface area contributed by atoms with Crippen molar-refractivity contribution in [1.29, 1.82) is 0 Å². The van der Waals surface area contributed by atoms with Gasteiger partial charge >= 0.3 is 0 Å². The summed E-state index contributed by atoms with van der Waals surface area (Å²) in [5, 5.41) is 0. The van der Waals surface area contributed by atoms with Gasteiger partial charge in [-0.3, -0.25) is 9.79 Å². The van der Waals surface area contributed by atoms with Gasteiger partial charge in [0.25, 0.3) is 0 Å². The van der Waals surface area contributed by atoms with Crippen LogP contribution in [0.5, 0.6) is 0 Å². The van der Waals surface area contributed by atoms with Gasteiger partial charge in [0.1, 0.15) is 6.34 Å². The molecule has 0 N–H and O–H groups in total. The van der Waals surface area contributed by atoms with E-state index in [1.807, 2.05) is 18.4 Å². The molecule has 4 nitrogen and oxygen atoms in total. The highest BCUT2D eigenvalue weighted by Gasteiger charge is 2.39. The summed E-state index contributed by atoms with van der Waals surface area (Å²) in [6.07, 6.45) is 12.7. The number of allylic oxidation sites excluding steroid dienone is 3. The van der Waals surface area contributed by atoms with Crippen LogP contribution in [0.3, 0.4) is 0 Å². The molecule has 0 saturated heterocycles. The van der Waals surface area contributed by atoms with Crippen LogP contribution in [0.4, 0.5) is 0 Å². The molecule has 0 aromatic rings. The van der Waals surface area contributed by atoms with E-state index in [9.17, 15) is 4.79 Å². The number of rotatable bonds is 0. The van der Waals surface area contributed by atoms with Crippen molar-refractivity contribution >= 4 is 24.6 Å². The van der Waals surface area contributed by atoms with Crippen LogP contribution in [0.15, 0.2) is 50.4 Å². The number of ketones is 1. The van der Waals surface area contributed by atoms with E-state index < -0.39 is 5.66 Å². The van der Waals surface area contributed by atoms with Gasteiger partial charge in [0.2, 0.25) is 5.66 Å². The second-order valence-electron chi connectivity index (χ2n) is 3.75. The Morgan fingerprint density at radius 3 is 3.00 bits per heavy atom. The first-order valence-corrected chi connectivity index (χ1v) is 5.07. The predicted octanol–water partition coefficient (Wildman–Crippen LogP) is 1.26. The first-order valence-electron chi connectivity index (χ1n) is 5.07. The zero-order chi connectivity index (χ0) is 11.0. The first kappa shape index (κ1) is 9.15. The van der Waals surface area contributed by atoms with Crippen LogP contribution in [0, 0.1) is 0 Å². The summed E-state index contributed by atoms with van der Waals surface area (Å²) in [4.78, 5) is 24.3. The fourth-order valence-corrected chi connectivity index (χ4v) is 2.01. The van der Waals surface area contributed by atoms with Gasteiger partial charge in [0.05, 0.1) is 0 Å². The third-order valence-corrected chi connectivity index (χ3v) is 2.74. The van der Waals surface area contributed by atoms with Crippen molar-refractivity contribution in [3.63, 3.8) is 0 Å². The van der Waals surface area contributed by atoms with Crippen molar-refractivity contribution in [2.45, 2.75) is 12.1 Å². The van der Waals surface area contributed by atoms with Gasteiger partial charge < -0.3 is 0 Å². The summed E-state index contributed by atoms with van der Waals surface area (Å²) in [7, 11) is 0. The Kier molecular flexibility index (Phi) is 1.83. The molecule has 0 bridgehead atoms. The van der Waals surface area contributed by atoms with Crippen LogP contribution in [0.2, 0.25) is 0 Å². The van der Waals surface area contributed by atoms with Crippen molar-refractivity contribution in [2.75, 3.05) is 0 Å². The lowest BCUT2D eigenvalue weighted by molar-refractivity contribution is -0.110. The van der Waals surface area contributed by atoms with Gasteiger partial charge in [-0.05, 0) is 12.2 Å². The lowest BCUT2D eigenvalue weighted by Crippen LogP contribution is -2.34. The normalized spacial score (nSPS) is 30.4. The molecule has 3 rings (SSSR count). The fraction of sp³-hybridized carbons (Fsp3) is 0.167. The Bertz CT molecular complexity index is 534. The highest BCUT2D eigenvalue weighted by atomic mass is 16.1. The molecule has 3 aliphatic rings. The number of nitrogens with zero attached hydrogens (tertiary/aromatic N) is 3. The van der Waals surface area contributed by atoms with Gasteiger partial charge in [0, 0.05) is 30.0 Å². The molecule has 16 heavy (non-hydrogen) atoms. The minimum absolute atomic E-state index is 0.0362. The molecule has 4 heteroatoms. The molecule has 1 aliphatic carbocycles. The van der Waals surface area contributed by atoms with Crippen molar-refractivity contribution in [2.24, 2.45) is 15.0 Å². The second-order valence-corrected chi connectivity index (χ2v) is 3.75. The summed E-state index contributed by atoms with van der Waals surface area (Å²) >= 11 is 0. The summed E-state index contributed by atoms with van der Waals surface area (Å²) in [6, 6.07) is 0. The van der Waals surface area contributed by atoms with Crippen LogP contribution < -0.4 is 0 Å². The zero-order valence-corrected chi connectivity index (χ0v) is 8.50. The maximum atomic E-state index is 11.5. The first-order chi connectivity index (χ1) is 7.81. The molecule has 78 valence electrons. The molecular weight excluding hydrogens is 202 g/mol. The summed E-state index contributed by atoms with van der Waals surface area (Å²) < 4.78 is 0. The van der Waals surface area contributed by atoms with Crippen LogP contribution in [-0.4, -0.2) is 30.2 Å². The largest absolute Gasteiger partial charge is 0.290 e. The maximum absolute atomic E-state index is 11.5. The van der Waals surface area contributed by atoms with Crippen molar-refractivity contribution in [1.82, 2.24) is 0 Å². The summed E-state index contributed by atoms with van der Waals surface area (Å²) in [5.74, 6) is -0.0362. The summed E-state index contributed by atoms with van der Waals surface area (Å²) in [5.41, 5.74) is 0.786. The van der Waals surface area contributed by atoms with Gasteiger partial charge in [0.15, 0.2) is 5.78 Å². The van der Waals surface area contributed by atoms with Crippen molar-refractivity contribution in [3.8, 4) is 0 Å².